The number of benzene rings is 1. The first-order valence-electron chi connectivity index (χ1n) is 8.83. The molecule has 1 N–H and O–H groups in total. The Hall–Kier alpha value is -2.22. The summed E-state index contributed by atoms with van der Waals surface area (Å²) < 4.78 is 0. The predicted molar refractivity (Wildman–Crippen MR) is 101 cm³/mol. The van der Waals surface area contributed by atoms with E-state index in [4.69, 9.17) is 0 Å². The number of hydrogen-bond acceptors (Lipinski definition) is 4. The highest BCUT2D eigenvalue weighted by Crippen LogP contribution is 2.22. The highest BCUT2D eigenvalue weighted by molar-refractivity contribution is 7.99. The van der Waals surface area contributed by atoms with E-state index < -0.39 is 6.04 Å². The van der Waals surface area contributed by atoms with Crippen molar-refractivity contribution in [3.05, 3.63) is 24.3 Å². The van der Waals surface area contributed by atoms with Crippen molar-refractivity contribution in [2.45, 2.75) is 24.3 Å². The van der Waals surface area contributed by atoms with Gasteiger partial charge in [-0.05, 0) is 36.4 Å². The number of likely N-dealkylation sites (N-methyl/N-ethyl adjacent to an activating group) is 1. The number of piperazine rings is 2. The zero-order valence-electron chi connectivity index (χ0n) is 15.1. The Morgan fingerprint density at radius 3 is 2.65 bits per heavy atom. The number of urea groups is 1. The van der Waals surface area contributed by atoms with Crippen molar-refractivity contribution in [2.75, 3.05) is 44.3 Å². The molecule has 0 radical (unpaired) electrons. The normalized spacial score (nSPS) is 20.2. The van der Waals surface area contributed by atoms with Crippen molar-refractivity contribution in [3.63, 3.8) is 0 Å². The summed E-state index contributed by atoms with van der Waals surface area (Å²) in [5.41, 5.74) is 0.724. The highest BCUT2D eigenvalue weighted by Gasteiger charge is 2.42. The molecule has 4 amide bonds. The first-order chi connectivity index (χ1) is 12.5. The zero-order valence-corrected chi connectivity index (χ0v) is 15.9. The monoisotopic (exact) mass is 376 g/mol. The van der Waals surface area contributed by atoms with E-state index >= 15 is 0 Å². The van der Waals surface area contributed by atoms with E-state index in [1.54, 1.807) is 28.6 Å². The number of thioether (sulfide) groups is 1. The fourth-order valence-corrected chi connectivity index (χ4v) is 3.93. The number of carbonyl (C=O) groups is 3. The second-order valence-corrected chi connectivity index (χ2v) is 7.71. The Morgan fingerprint density at radius 2 is 1.96 bits per heavy atom. The topological polar surface area (TPSA) is 73.0 Å². The average Bonchev–Trinajstić information content (AvgIpc) is 2.65. The third-order valence-corrected chi connectivity index (χ3v) is 5.82. The van der Waals surface area contributed by atoms with Crippen LogP contribution in [-0.4, -0.2) is 77.6 Å². The predicted octanol–water partition coefficient (Wildman–Crippen LogP) is 1.71. The Balaban J connectivity index is 1.60. The molecule has 0 saturated carbocycles. The molecule has 2 aliphatic heterocycles. The molecule has 2 aliphatic rings. The second-order valence-electron chi connectivity index (χ2n) is 6.55. The minimum Gasteiger partial charge on any atom is -0.335 e. The maximum absolute atomic E-state index is 12.5. The van der Waals surface area contributed by atoms with E-state index in [1.165, 1.54) is 9.80 Å². The Morgan fingerprint density at radius 1 is 1.23 bits per heavy atom. The third-order valence-electron chi connectivity index (χ3n) is 4.60. The molecular weight excluding hydrogens is 352 g/mol. The lowest BCUT2D eigenvalue weighted by atomic mass is 10.1. The van der Waals surface area contributed by atoms with Gasteiger partial charge in [-0.2, -0.15) is 0 Å². The molecule has 0 aliphatic carbocycles. The minimum absolute atomic E-state index is 0.0580. The molecule has 2 saturated heterocycles. The van der Waals surface area contributed by atoms with Gasteiger partial charge in [0.25, 0.3) is 0 Å². The fraction of sp³-hybridized carbons (Fsp3) is 0.500. The molecule has 140 valence electrons. The standard InChI is InChI=1S/C18H24N4O3S/c1-3-10-26-14-6-4-13(5-7-14)19-18(25)21-8-9-22-15(11-21)17(24)20(2)12-16(22)23/h4-7,15H,3,8-12H2,1-2H3,(H,19,25)/t15-/m1/s1. The molecule has 8 heteroatoms. The van der Waals surface area contributed by atoms with Gasteiger partial charge in [-0.1, -0.05) is 6.92 Å². The smallest absolute Gasteiger partial charge is 0.321 e. The van der Waals surface area contributed by atoms with Crippen LogP contribution in [0.5, 0.6) is 0 Å². The molecule has 1 atom stereocenters. The van der Waals surface area contributed by atoms with Gasteiger partial charge in [-0.15, -0.1) is 11.8 Å². The fourth-order valence-electron chi connectivity index (χ4n) is 3.16. The van der Waals surface area contributed by atoms with Crippen LogP contribution in [0, 0.1) is 0 Å². The number of fused-ring (bicyclic) bond motifs is 1. The molecule has 1 aromatic rings. The van der Waals surface area contributed by atoms with Crippen molar-refractivity contribution in [1.82, 2.24) is 14.7 Å². The van der Waals surface area contributed by atoms with Crippen molar-refractivity contribution >= 4 is 35.3 Å². The summed E-state index contributed by atoms with van der Waals surface area (Å²) in [5, 5.41) is 2.88. The average molecular weight is 376 g/mol. The van der Waals surface area contributed by atoms with Gasteiger partial charge in [0.2, 0.25) is 11.8 Å². The van der Waals surface area contributed by atoms with Crippen LogP contribution in [0.2, 0.25) is 0 Å². The molecule has 0 unspecified atom stereocenters. The van der Waals surface area contributed by atoms with Gasteiger partial charge in [0.1, 0.15) is 6.04 Å². The van der Waals surface area contributed by atoms with E-state index in [0.717, 1.165) is 17.9 Å². The summed E-state index contributed by atoms with van der Waals surface area (Å²) in [4.78, 5) is 42.7. The van der Waals surface area contributed by atoms with E-state index in [9.17, 15) is 14.4 Å². The van der Waals surface area contributed by atoms with Gasteiger partial charge in [0.15, 0.2) is 0 Å². The van der Waals surface area contributed by atoms with E-state index in [1.807, 2.05) is 24.3 Å². The van der Waals surface area contributed by atoms with Crippen LogP contribution in [0.3, 0.4) is 0 Å². The quantitative estimate of drug-likeness (QED) is 0.812. The van der Waals surface area contributed by atoms with Crippen LogP contribution in [0.25, 0.3) is 0 Å². The number of amides is 4. The van der Waals surface area contributed by atoms with Crippen LogP contribution in [0.1, 0.15) is 13.3 Å². The van der Waals surface area contributed by atoms with Gasteiger partial charge in [-0.25, -0.2) is 4.79 Å². The lowest BCUT2D eigenvalue weighted by molar-refractivity contribution is -0.157. The van der Waals surface area contributed by atoms with Crippen molar-refractivity contribution < 1.29 is 14.4 Å². The maximum atomic E-state index is 12.5. The minimum atomic E-state index is -0.575. The van der Waals surface area contributed by atoms with E-state index in [-0.39, 0.29) is 30.9 Å². The molecule has 7 nitrogen and oxygen atoms in total. The summed E-state index contributed by atoms with van der Waals surface area (Å²) in [6.45, 7) is 3.30. The summed E-state index contributed by atoms with van der Waals surface area (Å²) in [5.74, 6) is 0.898. The molecular formula is C18H24N4O3S. The lowest BCUT2D eigenvalue weighted by Crippen LogP contribution is -2.67. The molecule has 0 aromatic heterocycles. The molecule has 3 rings (SSSR count). The van der Waals surface area contributed by atoms with Crippen LogP contribution in [0.4, 0.5) is 10.5 Å². The Bertz CT molecular complexity index is 694. The number of rotatable bonds is 4. The first kappa shape index (κ1) is 18.6. The molecule has 0 spiro atoms. The van der Waals surface area contributed by atoms with Crippen LogP contribution >= 0.6 is 11.8 Å². The van der Waals surface area contributed by atoms with E-state index in [2.05, 4.69) is 12.2 Å². The van der Waals surface area contributed by atoms with Gasteiger partial charge < -0.3 is 20.0 Å². The van der Waals surface area contributed by atoms with Crippen LogP contribution < -0.4 is 5.32 Å². The second kappa shape index (κ2) is 7.99. The van der Waals surface area contributed by atoms with Crippen LogP contribution in [0.15, 0.2) is 29.2 Å². The van der Waals surface area contributed by atoms with Gasteiger partial charge in [-0.3, -0.25) is 9.59 Å². The van der Waals surface area contributed by atoms with Crippen LogP contribution in [-0.2, 0) is 9.59 Å². The number of anilines is 1. The van der Waals surface area contributed by atoms with Gasteiger partial charge >= 0.3 is 6.03 Å². The Labute approximate surface area is 157 Å². The largest absolute Gasteiger partial charge is 0.335 e. The van der Waals surface area contributed by atoms with Gasteiger partial charge in [0, 0.05) is 30.7 Å². The lowest BCUT2D eigenvalue weighted by Gasteiger charge is -2.45. The number of nitrogens with zero attached hydrogens (tertiary/aromatic N) is 3. The maximum Gasteiger partial charge on any atom is 0.321 e. The first-order valence-corrected chi connectivity index (χ1v) is 9.81. The number of hydrogen-bond donors (Lipinski definition) is 1. The number of carbonyl (C=O) groups excluding carboxylic acids is 3. The number of nitrogens with one attached hydrogen (secondary N) is 1. The van der Waals surface area contributed by atoms with Crippen molar-refractivity contribution in [1.29, 1.82) is 0 Å². The summed E-state index contributed by atoms with van der Waals surface area (Å²) >= 11 is 1.79. The molecule has 2 fully saturated rings. The summed E-state index contributed by atoms with van der Waals surface area (Å²) in [6.07, 6.45) is 1.12. The highest BCUT2D eigenvalue weighted by atomic mass is 32.2. The Kier molecular flexibility index (Phi) is 5.70. The van der Waals surface area contributed by atoms with Gasteiger partial charge in [0.05, 0.1) is 13.1 Å². The molecule has 1 aromatic carbocycles. The molecule has 26 heavy (non-hydrogen) atoms. The zero-order chi connectivity index (χ0) is 18.7. The SMILES string of the molecule is CCCSc1ccc(NC(=O)N2CCN3C(=O)CN(C)C(=O)[C@H]3C2)cc1. The third kappa shape index (κ3) is 3.95. The van der Waals surface area contributed by atoms with Crippen molar-refractivity contribution in [2.24, 2.45) is 0 Å². The summed E-state index contributed by atoms with van der Waals surface area (Å²) in [7, 11) is 1.62. The van der Waals surface area contributed by atoms with Crippen molar-refractivity contribution in [3.8, 4) is 0 Å². The van der Waals surface area contributed by atoms with E-state index in [0.29, 0.717) is 13.1 Å². The summed E-state index contributed by atoms with van der Waals surface area (Å²) in [6, 6.07) is 6.93. The molecule has 0 bridgehead atoms. The molecule has 2 heterocycles.